The Kier molecular flexibility index (Phi) is 5.82. The standard InChI is InChI=1S/C34H31F3N6O3/c1-3-18-5-4-6-19-11-21(44)12-22(24(18)19)27-26(35)28-25-30(41-32(40-28)45-16-33-9-10-42(33)15-34(36,37)14-33)43-13-20-7-8-23(38-20)29(43)17(2)46-31(25)39-27/h1,4-6,11-12,17,20,23,29,38,44H,7-10,13-16H2,2H3/t17-,20+,23-,29+,33?/m0/s1. The van der Waals surface area contributed by atoms with E-state index in [0.29, 0.717) is 47.1 Å². The molecule has 46 heavy (non-hydrogen) atoms. The van der Waals surface area contributed by atoms with Gasteiger partial charge in [0.05, 0.1) is 18.1 Å². The summed E-state index contributed by atoms with van der Waals surface area (Å²) in [6.45, 7) is 2.83. The van der Waals surface area contributed by atoms with E-state index in [1.54, 1.807) is 29.2 Å². The van der Waals surface area contributed by atoms with Crippen LogP contribution in [0.3, 0.4) is 0 Å². The van der Waals surface area contributed by atoms with Gasteiger partial charge >= 0.3 is 6.01 Å². The maximum atomic E-state index is 17.0. The maximum absolute atomic E-state index is 17.0. The first-order chi connectivity index (χ1) is 22.1. The van der Waals surface area contributed by atoms with Gasteiger partial charge in [-0.05, 0) is 49.8 Å². The van der Waals surface area contributed by atoms with Gasteiger partial charge in [-0.2, -0.15) is 9.97 Å². The lowest BCUT2D eigenvalue weighted by Gasteiger charge is -2.46. The third-order valence-corrected chi connectivity index (χ3v) is 10.6. The van der Waals surface area contributed by atoms with Crippen LogP contribution in [0.15, 0.2) is 30.3 Å². The summed E-state index contributed by atoms with van der Waals surface area (Å²) in [6.07, 6.45) is 7.72. The van der Waals surface area contributed by atoms with Gasteiger partial charge in [-0.1, -0.05) is 18.1 Å². The molecule has 0 saturated carbocycles. The summed E-state index contributed by atoms with van der Waals surface area (Å²) in [5.74, 6) is -0.352. The zero-order valence-corrected chi connectivity index (χ0v) is 25.1. The van der Waals surface area contributed by atoms with Crippen LogP contribution in [0.1, 0.15) is 38.2 Å². The minimum absolute atomic E-state index is 0.0359. The molecule has 0 radical (unpaired) electrons. The quantitative estimate of drug-likeness (QED) is 0.314. The van der Waals surface area contributed by atoms with Crippen molar-refractivity contribution >= 4 is 27.5 Å². The van der Waals surface area contributed by atoms with Gasteiger partial charge in [-0.25, -0.2) is 18.2 Å². The predicted octanol–water partition coefficient (Wildman–Crippen LogP) is 4.62. The number of hydrogen-bond acceptors (Lipinski definition) is 9. The summed E-state index contributed by atoms with van der Waals surface area (Å²) in [7, 11) is 0. The van der Waals surface area contributed by atoms with Gasteiger partial charge in [-0.15, -0.1) is 6.42 Å². The molecular weight excluding hydrogens is 597 g/mol. The molecule has 2 aromatic heterocycles. The van der Waals surface area contributed by atoms with Crippen LogP contribution in [-0.4, -0.2) is 86.9 Å². The molecule has 1 unspecified atom stereocenters. The number of piperazine rings is 1. The van der Waals surface area contributed by atoms with Crippen LogP contribution in [0.2, 0.25) is 0 Å². The minimum Gasteiger partial charge on any atom is -0.508 e. The molecule has 2 bridgehead atoms. The van der Waals surface area contributed by atoms with Crippen LogP contribution in [0, 0.1) is 18.2 Å². The lowest BCUT2D eigenvalue weighted by molar-refractivity contribution is -0.0132. The topological polar surface area (TPSA) is 95.9 Å². The third kappa shape index (κ3) is 4.00. The maximum Gasteiger partial charge on any atom is 0.319 e. The number of phenols is 1. The highest BCUT2D eigenvalue weighted by molar-refractivity contribution is 6.04. The summed E-state index contributed by atoms with van der Waals surface area (Å²) in [5.41, 5.74) is -0.152. The van der Waals surface area contributed by atoms with E-state index in [2.05, 4.69) is 21.1 Å². The Balaban J connectivity index is 1.25. The van der Waals surface area contributed by atoms with Gasteiger partial charge in [0.15, 0.2) is 5.82 Å². The second-order valence-electron chi connectivity index (χ2n) is 13.4. The van der Waals surface area contributed by atoms with Crippen molar-refractivity contribution in [2.75, 3.05) is 31.1 Å². The van der Waals surface area contributed by atoms with E-state index in [9.17, 15) is 13.9 Å². The van der Waals surface area contributed by atoms with E-state index in [0.717, 1.165) is 12.8 Å². The fourth-order valence-electron chi connectivity index (χ4n) is 8.52. The van der Waals surface area contributed by atoms with Gasteiger partial charge in [0.1, 0.15) is 40.9 Å². The number of nitrogens with zero attached hydrogens (tertiary/aromatic N) is 5. The van der Waals surface area contributed by atoms with Gasteiger partial charge < -0.3 is 24.8 Å². The SMILES string of the molecule is C#Cc1cccc2cc(O)cc(-c3nc4c5c(nc(OCC67CCN6CC(F)(F)C7)nc5c3F)N3C[C@H]5CC[C@H](N5)[C@H]3[C@H](C)O4)c12. The highest BCUT2D eigenvalue weighted by atomic mass is 19.3. The Morgan fingerprint density at radius 1 is 1.20 bits per heavy atom. The number of benzene rings is 2. The zero-order valence-electron chi connectivity index (χ0n) is 25.1. The number of halogens is 3. The molecule has 236 valence electrons. The number of aromatic nitrogens is 3. The number of pyridine rings is 1. The number of fused-ring (bicyclic) bond motifs is 7. The number of aromatic hydroxyl groups is 1. The number of phenolic OH excluding ortho intramolecular Hbond substituents is 1. The van der Waals surface area contributed by atoms with Crippen LogP contribution in [0.5, 0.6) is 17.6 Å². The van der Waals surface area contributed by atoms with E-state index >= 15 is 4.39 Å². The first kappa shape index (κ1) is 27.9. The zero-order chi connectivity index (χ0) is 31.5. The Morgan fingerprint density at radius 2 is 2.07 bits per heavy atom. The Labute approximate surface area is 262 Å². The monoisotopic (exact) mass is 628 g/mol. The van der Waals surface area contributed by atoms with E-state index in [-0.39, 0.29) is 78.2 Å². The van der Waals surface area contributed by atoms with E-state index in [4.69, 9.17) is 25.9 Å². The molecule has 5 atom stereocenters. The van der Waals surface area contributed by atoms with Crippen molar-refractivity contribution < 1.29 is 27.8 Å². The first-order valence-electron chi connectivity index (χ1n) is 15.7. The lowest BCUT2D eigenvalue weighted by atomic mass is 9.85. The van der Waals surface area contributed by atoms with Crippen LogP contribution in [0.4, 0.5) is 19.0 Å². The molecule has 9 rings (SSSR count). The van der Waals surface area contributed by atoms with Crippen LogP contribution >= 0.6 is 0 Å². The fourth-order valence-corrected chi connectivity index (χ4v) is 8.52. The van der Waals surface area contributed by atoms with E-state index < -0.39 is 17.3 Å². The van der Waals surface area contributed by atoms with Gasteiger partial charge in [0, 0.05) is 48.1 Å². The number of ether oxygens (including phenoxy) is 2. The molecule has 5 aliphatic heterocycles. The van der Waals surface area contributed by atoms with Crippen molar-refractivity contribution in [3.05, 3.63) is 41.7 Å². The van der Waals surface area contributed by atoms with E-state index in [1.165, 1.54) is 6.07 Å². The van der Waals surface area contributed by atoms with Gasteiger partial charge in [-0.3, -0.25) is 4.90 Å². The minimum atomic E-state index is -2.79. The molecule has 12 heteroatoms. The molecule has 2 N–H and O–H groups in total. The Hall–Kier alpha value is -4.34. The smallest absolute Gasteiger partial charge is 0.319 e. The second-order valence-corrected chi connectivity index (χ2v) is 13.4. The molecule has 4 fully saturated rings. The third-order valence-electron chi connectivity index (χ3n) is 10.6. The molecule has 9 nitrogen and oxygen atoms in total. The lowest BCUT2D eigenvalue weighted by Crippen LogP contribution is -2.62. The second kappa shape index (κ2) is 9.59. The molecule has 7 heterocycles. The number of hydrogen-bond donors (Lipinski definition) is 2. The molecule has 4 aromatic rings. The Morgan fingerprint density at radius 3 is 2.85 bits per heavy atom. The van der Waals surface area contributed by atoms with Crippen LogP contribution in [0.25, 0.3) is 32.9 Å². The van der Waals surface area contributed by atoms with Crippen molar-refractivity contribution in [3.63, 3.8) is 0 Å². The van der Waals surface area contributed by atoms with E-state index in [1.807, 2.05) is 6.92 Å². The van der Waals surface area contributed by atoms with Crippen molar-refractivity contribution in [1.29, 1.82) is 0 Å². The van der Waals surface area contributed by atoms with Crippen molar-refractivity contribution in [2.45, 2.75) is 68.3 Å². The largest absolute Gasteiger partial charge is 0.508 e. The number of terminal acetylenes is 1. The average molecular weight is 629 g/mol. The summed E-state index contributed by atoms with van der Waals surface area (Å²) < 4.78 is 58.5. The summed E-state index contributed by atoms with van der Waals surface area (Å²) in [4.78, 5) is 18.0. The molecular formula is C34H31F3N6O3. The normalized spacial score (nSPS) is 29.1. The highest BCUT2D eigenvalue weighted by Crippen LogP contribution is 2.49. The Bertz CT molecular complexity index is 2000. The molecule has 0 spiro atoms. The average Bonchev–Trinajstić information content (AvgIpc) is 3.44. The number of nitrogens with one attached hydrogen (secondary N) is 1. The number of rotatable bonds is 4. The molecule has 5 aliphatic rings. The molecule has 2 aromatic carbocycles. The van der Waals surface area contributed by atoms with Gasteiger partial charge in [0.2, 0.25) is 5.88 Å². The highest BCUT2D eigenvalue weighted by Gasteiger charge is 2.60. The summed E-state index contributed by atoms with van der Waals surface area (Å²) in [5, 5.41) is 15.8. The molecule has 0 amide bonds. The molecule has 4 saturated heterocycles. The summed E-state index contributed by atoms with van der Waals surface area (Å²) in [6, 6.07) is 8.43. The number of anilines is 1. The predicted molar refractivity (Wildman–Crippen MR) is 165 cm³/mol. The number of alkyl halides is 2. The fraction of sp³-hybridized carbons (Fsp3) is 0.441. The van der Waals surface area contributed by atoms with Crippen LogP contribution < -0.4 is 19.7 Å². The van der Waals surface area contributed by atoms with Crippen LogP contribution in [-0.2, 0) is 0 Å². The first-order valence-corrected chi connectivity index (χ1v) is 15.7. The van der Waals surface area contributed by atoms with Crippen molar-refractivity contribution in [1.82, 2.24) is 25.2 Å². The van der Waals surface area contributed by atoms with Crippen molar-refractivity contribution in [3.8, 4) is 41.2 Å². The molecule has 0 aliphatic carbocycles. The van der Waals surface area contributed by atoms with Crippen molar-refractivity contribution in [2.24, 2.45) is 0 Å². The van der Waals surface area contributed by atoms with Gasteiger partial charge in [0.25, 0.3) is 5.92 Å². The summed E-state index contributed by atoms with van der Waals surface area (Å²) >= 11 is 0.